The molecule has 2 aromatic heterocycles. The lowest BCUT2D eigenvalue weighted by Gasteiger charge is -2.17. The number of nitrogens with two attached hydrogens (primary N) is 2. The molecule has 0 bridgehead atoms. The van der Waals surface area contributed by atoms with Gasteiger partial charge >= 0.3 is 11.9 Å². The van der Waals surface area contributed by atoms with Gasteiger partial charge in [-0.05, 0) is 68.5 Å². The average molecular weight is 552 g/mol. The Kier molecular flexibility index (Phi) is 11.0. The second kappa shape index (κ2) is 14.6. The maximum absolute atomic E-state index is 12.9. The van der Waals surface area contributed by atoms with Crippen molar-refractivity contribution in [2.45, 2.75) is 65.5 Å². The second-order valence-electron chi connectivity index (χ2n) is 9.08. The fourth-order valence-electron chi connectivity index (χ4n) is 4.20. The summed E-state index contributed by atoms with van der Waals surface area (Å²) in [5.74, 6) is -1.11. The Morgan fingerprint density at radius 3 is 2.40 bits per heavy atom. The number of nitrogens with one attached hydrogen (secondary N) is 2. The number of rotatable bonds is 14. The van der Waals surface area contributed by atoms with E-state index in [2.05, 4.69) is 32.5 Å². The molecule has 0 radical (unpaired) electrons. The normalized spacial score (nSPS) is 11.6. The number of carbonyl (C=O) groups is 3. The van der Waals surface area contributed by atoms with Crippen molar-refractivity contribution in [3.05, 3.63) is 47.2 Å². The zero-order valence-electron chi connectivity index (χ0n) is 23.2. The molecule has 0 saturated heterocycles. The minimum atomic E-state index is -0.969. The fraction of sp³-hybridized carbons (Fsp3) is 0.429. The Balaban J connectivity index is 1.70. The third kappa shape index (κ3) is 8.01. The van der Waals surface area contributed by atoms with E-state index >= 15 is 0 Å². The van der Waals surface area contributed by atoms with Crippen molar-refractivity contribution in [2.75, 3.05) is 30.0 Å². The second-order valence-corrected chi connectivity index (χ2v) is 9.08. The van der Waals surface area contributed by atoms with Crippen LogP contribution < -0.4 is 22.1 Å². The molecule has 3 aromatic rings. The summed E-state index contributed by atoms with van der Waals surface area (Å²) < 4.78 is 9.97. The van der Waals surface area contributed by atoms with Gasteiger partial charge < -0.3 is 31.6 Å². The first kappa shape index (κ1) is 30.1. The number of nitrogen functional groups attached to an aromatic ring is 2. The summed E-state index contributed by atoms with van der Waals surface area (Å²) >= 11 is 0. The molecule has 6 N–H and O–H groups in total. The van der Waals surface area contributed by atoms with E-state index < -0.39 is 23.9 Å². The minimum absolute atomic E-state index is 0.0184. The molecule has 0 spiro atoms. The lowest BCUT2D eigenvalue weighted by molar-refractivity contribution is -0.146. The van der Waals surface area contributed by atoms with Gasteiger partial charge in [0.2, 0.25) is 5.95 Å². The van der Waals surface area contributed by atoms with Crippen LogP contribution in [0.1, 0.15) is 67.9 Å². The van der Waals surface area contributed by atoms with Gasteiger partial charge in [-0.25, -0.2) is 9.78 Å². The lowest BCUT2D eigenvalue weighted by Crippen LogP contribution is -2.42. The molecule has 0 unspecified atom stereocenters. The van der Waals surface area contributed by atoms with Gasteiger partial charge in [-0.1, -0.05) is 13.3 Å². The lowest BCUT2D eigenvalue weighted by atomic mass is 10.00. The Labute approximate surface area is 233 Å². The van der Waals surface area contributed by atoms with Gasteiger partial charge in [-0.15, -0.1) is 0 Å². The molecule has 3 rings (SSSR count). The minimum Gasteiger partial charge on any atom is -0.466 e. The van der Waals surface area contributed by atoms with Crippen molar-refractivity contribution in [1.29, 1.82) is 0 Å². The highest BCUT2D eigenvalue weighted by molar-refractivity contribution is 5.97. The Morgan fingerprint density at radius 1 is 1.00 bits per heavy atom. The van der Waals surface area contributed by atoms with Crippen LogP contribution in [0.2, 0.25) is 0 Å². The SMILES string of the molecule is CCCCc1c(CNc2ccc(C(=O)N[C@@H](CCC(=O)OCC)C(=O)OCC)cc2)cnc2nc(N)nc(N)c12. The van der Waals surface area contributed by atoms with Gasteiger partial charge in [-0.2, -0.15) is 9.97 Å². The summed E-state index contributed by atoms with van der Waals surface area (Å²) in [5, 5.41) is 6.74. The number of anilines is 3. The molecule has 1 amide bonds. The van der Waals surface area contributed by atoms with Crippen molar-refractivity contribution in [3.63, 3.8) is 0 Å². The monoisotopic (exact) mass is 551 g/mol. The highest BCUT2D eigenvalue weighted by Crippen LogP contribution is 2.27. The van der Waals surface area contributed by atoms with E-state index in [4.69, 9.17) is 20.9 Å². The fourth-order valence-corrected chi connectivity index (χ4v) is 4.20. The highest BCUT2D eigenvalue weighted by atomic mass is 16.5. The maximum Gasteiger partial charge on any atom is 0.328 e. The molecule has 214 valence electrons. The Morgan fingerprint density at radius 2 is 1.73 bits per heavy atom. The summed E-state index contributed by atoms with van der Waals surface area (Å²) in [6.45, 7) is 6.36. The van der Waals surface area contributed by atoms with Gasteiger partial charge in [-0.3, -0.25) is 9.59 Å². The van der Waals surface area contributed by atoms with Crippen LogP contribution in [0.25, 0.3) is 11.0 Å². The molecule has 0 fully saturated rings. The number of unbranched alkanes of at least 4 members (excludes halogenated alkanes) is 1. The number of benzene rings is 1. The molecule has 1 atom stereocenters. The zero-order chi connectivity index (χ0) is 29.1. The van der Waals surface area contributed by atoms with Crippen molar-refractivity contribution in [3.8, 4) is 0 Å². The third-order valence-corrected chi connectivity index (χ3v) is 6.20. The number of hydrogen-bond acceptors (Lipinski definition) is 11. The van der Waals surface area contributed by atoms with Gasteiger partial charge in [0.15, 0.2) is 5.65 Å². The van der Waals surface area contributed by atoms with E-state index in [0.717, 1.165) is 36.1 Å². The van der Waals surface area contributed by atoms with Crippen LogP contribution in [-0.2, 0) is 32.0 Å². The topological polar surface area (TPSA) is 184 Å². The number of amides is 1. The van der Waals surface area contributed by atoms with Gasteiger partial charge in [0.25, 0.3) is 5.91 Å². The number of nitrogens with zero attached hydrogens (tertiary/aromatic N) is 3. The van der Waals surface area contributed by atoms with Crippen LogP contribution in [0, 0.1) is 0 Å². The molecule has 0 aliphatic rings. The zero-order valence-corrected chi connectivity index (χ0v) is 23.2. The van der Waals surface area contributed by atoms with Gasteiger partial charge in [0.1, 0.15) is 11.9 Å². The van der Waals surface area contributed by atoms with E-state index in [1.165, 1.54) is 0 Å². The van der Waals surface area contributed by atoms with Crippen LogP contribution in [-0.4, -0.2) is 52.1 Å². The molecular formula is C28H37N7O5. The molecule has 40 heavy (non-hydrogen) atoms. The molecule has 0 aliphatic heterocycles. The standard InChI is InChI=1S/C28H37N7O5/c1-4-7-8-20-18(16-32-25-23(20)24(29)34-28(30)35-25)15-31-19-11-9-17(10-12-19)26(37)33-21(27(38)40-6-3)13-14-22(36)39-5-2/h9-12,16,21,31H,4-8,13-15H2,1-3H3,(H,33,37)(H4,29,30,32,34,35)/t21-/m0/s1. The molecule has 0 saturated carbocycles. The molecular weight excluding hydrogens is 514 g/mol. The van der Waals surface area contributed by atoms with Crippen LogP contribution >= 0.6 is 0 Å². The van der Waals surface area contributed by atoms with Crippen LogP contribution in [0.5, 0.6) is 0 Å². The molecule has 12 nitrogen and oxygen atoms in total. The Hall–Kier alpha value is -4.48. The number of aromatic nitrogens is 3. The van der Waals surface area contributed by atoms with Crippen LogP contribution in [0.3, 0.4) is 0 Å². The van der Waals surface area contributed by atoms with E-state index in [1.54, 1.807) is 44.3 Å². The number of pyridine rings is 1. The number of carbonyl (C=O) groups excluding carboxylic acids is 3. The van der Waals surface area contributed by atoms with Crippen molar-refractivity contribution in [2.24, 2.45) is 0 Å². The summed E-state index contributed by atoms with van der Waals surface area (Å²) in [7, 11) is 0. The van der Waals surface area contributed by atoms with Crippen molar-refractivity contribution >= 4 is 46.3 Å². The van der Waals surface area contributed by atoms with Gasteiger partial charge in [0, 0.05) is 30.4 Å². The van der Waals surface area contributed by atoms with E-state index in [0.29, 0.717) is 29.0 Å². The predicted octanol–water partition coefficient (Wildman–Crippen LogP) is 3.15. The number of aryl methyl sites for hydroxylation is 1. The number of fused-ring (bicyclic) bond motifs is 1. The summed E-state index contributed by atoms with van der Waals surface area (Å²) in [6.07, 6.45) is 4.59. The van der Waals surface area contributed by atoms with Crippen molar-refractivity contribution in [1.82, 2.24) is 20.3 Å². The smallest absolute Gasteiger partial charge is 0.328 e. The summed E-state index contributed by atoms with van der Waals surface area (Å²) in [4.78, 5) is 49.7. The Bertz CT molecular complexity index is 1330. The first-order chi connectivity index (χ1) is 19.3. The third-order valence-electron chi connectivity index (χ3n) is 6.20. The summed E-state index contributed by atoms with van der Waals surface area (Å²) in [6, 6.07) is 5.87. The number of ether oxygens (including phenoxy) is 2. The average Bonchev–Trinajstić information content (AvgIpc) is 2.93. The number of hydrogen-bond donors (Lipinski definition) is 4. The van der Waals surface area contributed by atoms with E-state index in [9.17, 15) is 14.4 Å². The largest absolute Gasteiger partial charge is 0.466 e. The summed E-state index contributed by atoms with van der Waals surface area (Å²) in [5.41, 5.74) is 15.5. The molecule has 0 aliphatic carbocycles. The van der Waals surface area contributed by atoms with Crippen LogP contribution in [0.4, 0.5) is 17.5 Å². The first-order valence-corrected chi connectivity index (χ1v) is 13.4. The maximum atomic E-state index is 12.9. The van der Waals surface area contributed by atoms with Crippen molar-refractivity contribution < 1.29 is 23.9 Å². The highest BCUT2D eigenvalue weighted by Gasteiger charge is 2.24. The predicted molar refractivity (Wildman–Crippen MR) is 152 cm³/mol. The van der Waals surface area contributed by atoms with Crippen LogP contribution in [0.15, 0.2) is 30.5 Å². The quantitative estimate of drug-likeness (QED) is 0.216. The van der Waals surface area contributed by atoms with E-state index in [1.807, 2.05) is 0 Å². The van der Waals surface area contributed by atoms with E-state index in [-0.39, 0.29) is 32.0 Å². The molecule has 1 aromatic carbocycles. The first-order valence-electron chi connectivity index (χ1n) is 13.4. The molecule has 2 heterocycles. The molecule has 12 heteroatoms. The van der Waals surface area contributed by atoms with Gasteiger partial charge in [0.05, 0.1) is 18.6 Å². The number of esters is 2.